The van der Waals surface area contributed by atoms with Crippen LogP contribution >= 0.6 is 0 Å². The molecule has 3 rings (SSSR count). The second kappa shape index (κ2) is 9.83. The first-order valence-corrected chi connectivity index (χ1v) is 12.2. The molecule has 1 aromatic heterocycles. The fraction of sp³-hybridized carbons (Fsp3) is 0.455. The van der Waals surface area contributed by atoms with Gasteiger partial charge in [0.1, 0.15) is 0 Å². The van der Waals surface area contributed by atoms with Crippen molar-refractivity contribution < 1.29 is 17.6 Å². The van der Waals surface area contributed by atoms with E-state index in [0.717, 1.165) is 5.69 Å². The highest BCUT2D eigenvalue weighted by Gasteiger charge is 2.37. The molecule has 1 saturated heterocycles. The third kappa shape index (κ3) is 5.36. The number of aryl methyl sites for hydroxylation is 1. The summed E-state index contributed by atoms with van der Waals surface area (Å²) in [4.78, 5) is 18.2. The summed E-state index contributed by atoms with van der Waals surface area (Å²) in [6.07, 6.45) is 1.55. The van der Waals surface area contributed by atoms with Crippen molar-refractivity contribution in [1.29, 1.82) is 0 Å². The molecule has 8 nitrogen and oxygen atoms in total. The van der Waals surface area contributed by atoms with Crippen LogP contribution in [-0.4, -0.2) is 54.7 Å². The van der Waals surface area contributed by atoms with Gasteiger partial charge in [0.05, 0.1) is 23.3 Å². The number of nitrogens with zero attached hydrogens (tertiary/aromatic N) is 3. The van der Waals surface area contributed by atoms with E-state index < -0.39 is 21.9 Å². The molecular weight excluding hydrogens is 433 g/mol. The summed E-state index contributed by atoms with van der Waals surface area (Å²) in [5.74, 6) is -0.381. The quantitative estimate of drug-likeness (QED) is 0.687. The summed E-state index contributed by atoms with van der Waals surface area (Å²) in [7, 11) is -3.34. The molecule has 1 aromatic carbocycles. The summed E-state index contributed by atoms with van der Waals surface area (Å²) in [6.45, 7) is 7.94. The molecule has 2 aromatic rings. The van der Waals surface area contributed by atoms with E-state index >= 15 is 4.39 Å². The molecule has 2 atom stereocenters. The van der Waals surface area contributed by atoms with Crippen molar-refractivity contribution in [1.82, 2.24) is 14.6 Å². The number of halogens is 1. The first-order chi connectivity index (χ1) is 15.1. The van der Waals surface area contributed by atoms with Crippen LogP contribution in [0.1, 0.15) is 32.0 Å². The van der Waals surface area contributed by atoms with Crippen LogP contribution in [0.15, 0.2) is 36.5 Å². The minimum absolute atomic E-state index is 0.0140. The third-order valence-corrected chi connectivity index (χ3v) is 7.62. The molecule has 32 heavy (non-hydrogen) atoms. The van der Waals surface area contributed by atoms with E-state index in [0.29, 0.717) is 30.0 Å². The van der Waals surface area contributed by atoms with E-state index in [1.807, 2.05) is 25.7 Å². The highest BCUT2D eigenvalue weighted by Crippen LogP contribution is 2.28. The SMILES string of the molecule is CCS(=O)(=O)N1[C@H](C)CN(c2cccc(CNC(=O)Nc3ccc(C)nc3)c2F)C[C@@H]1C. The lowest BCUT2D eigenvalue weighted by atomic mass is 10.1. The molecule has 0 bridgehead atoms. The van der Waals surface area contributed by atoms with Gasteiger partial charge in [-0.05, 0) is 45.9 Å². The molecule has 174 valence electrons. The topological polar surface area (TPSA) is 94.6 Å². The Balaban J connectivity index is 1.68. The maximum atomic E-state index is 15.3. The summed E-state index contributed by atoms with van der Waals surface area (Å²) in [5, 5.41) is 5.33. The molecule has 1 fully saturated rings. The Morgan fingerprint density at radius 3 is 2.47 bits per heavy atom. The van der Waals surface area contributed by atoms with Gasteiger partial charge < -0.3 is 15.5 Å². The summed E-state index contributed by atoms with van der Waals surface area (Å²) >= 11 is 0. The molecule has 2 N–H and O–H groups in total. The summed E-state index contributed by atoms with van der Waals surface area (Å²) in [5.41, 5.74) is 2.14. The van der Waals surface area contributed by atoms with E-state index in [4.69, 9.17) is 0 Å². The number of benzene rings is 1. The van der Waals surface area contributed by atoms with Crippen LogP contribution in [0.5, 0.6) is 0 Å². The fourth-order valence-electron chi connectivity index (χ4n) is 4.04. The lowest BCUT2D eigenvalue weighted by Crippen LogP contribution is -2.59. The predicted molar refractivity (Wildman–Crippen MR) is 124 cm³/mol. The van der Waals surface area contributed by atoms with Crippen molar-refractivity contribution >= 4 is 27.4 Å². The maximum absolute atomic E-state index is 15.3. The van der Waals surface area contributed by atoms with Crippen LogP contribution in [0, 0.1) is 12.7 Å². The van der Waals surface area contributed by atoms with Crippen molar-refractivity contribution in [3.63, 3.8) is 0 Å². The largest absolute Gasteiger partial charge is 0.366 e. The number of hydrogen-bond donors (Lipinski definition) is 2. The van der Waals surface area contributed by atoms with Crippen LogP contribution in [0.2, 0.25) is 0 Å². The Labute approximate surface area is 188 Å². The molecule has 0 aliphatic carbocycles. The van der Waals surface area contributed by atoms with Crippen molar-refractivity contribution in [2.45, 2.75) is 46.3 Å². The van der Waals surface area contributed by atoms with Gasteiger partial charge in [0, 0.05) is 43.0 Å². The number of urea groups is 1. The number of carbonyl (C=O) groups excluding carboxylic acids is 1. The van der Waals surface area contributed by atoms with Gasteiger partial charge in [0.2, 0.25) is 10.0 Å². The van der Waals surface area contributed by atoms with Crippen LogP contribution in [0.3, 0.4) is 0 Å². The number of aromatic nitrogens is 1. The van der Waals surface area contributed by atoms with Gasteiger partial charge in [-0.2, -0.15) is 4.31 Å². The molecule has 1 aliphatic heterocycles. The normalized spacial score (nSPS) is 19.6. The van der Waals surface area contributed by atoms with E-state index in [1.165, 1.54) is 4.31 Å². The number of piperazine rings is 1. The van der Waals surface area contributed by atoms with Crippen LogP contribution in [0.25, 0.3) is 0 Å². The lowest BCUT2D eigenvalue weighted by molar-refractivity contribution is 0.240. The van der Waals surface area contributed by atoms with Crippen LogP contribution < -0.4 is 15.5 Å². The number of hydrogen-bond acceptors (Lipinski definition) is 5. The number of carbonyl (C=O) groups is 1. The summed E-state index contributed by atoms with van der Waals surface area (Å²) in [6, 6.07) is 7.55. The zero-order chi connectivity index (χ0) is 23.5. The number of nitrogens with one attached hydrogen (secondary N) is 2. The Hall–Kier alpha value is -2.72. The molecule has 10 heteroatoms. The first-order valence-electron chi connectivity index (χ1n) is 10.6. The average Bonchev–Trinajstić information content (AvgIpc) is 2.74. The second-order valence-electron chi connectivity index (χ2n) is 8.08. The van der Waals surface area contributed by atoms with Gasteiger partial charge in [0.25, 0.3) is 0 Å². The van der Waals surface area contributed by atoms with Crippen molar-refractivity contribution in [2.24, 2.45) is 0 Å². The Kier molecular flexibility index (Phi) is 7.35. The van der Waals surface area contributed by atoms with Gasteiger partial charge >= 0.3 is 6.03 Å². The van der Waals surface area contributed by atoms with Gasteiger partial charge in [-0.25, -0.2) is 17.6 Å². The van der Waals surface area contributed by atoms with Gasteiger partial charge in [0.15, 0.2) is 5.82 Å². The summed E-state index contributed by atoms with van der Waals surface area (Å²) < 4.78 is 41.6. The molecule has 0 saturated carbocycles. The van der Waals surface area contributed by atoms with Crippen LogP contribution in [0.4, 0.5) is 20.6 Å². The van der Waals surface area contributed by atoms with E-state index in [1.54, 1.807) is 43.5 Å². The number of amides is 2. The first kappa shape index (κ1) is 23.9. The number of rotatable bonds is 6. The Morgan fingerprint density at radius 2 is 1.88 bits per heavy atom. The lowest BCUT2D eigenvalue weighted by Gasteiger charge is -2.44. The average molecular weight is 464 g/mol. The zero-order valence-corrected chi connectivity index (χ0v) is 19.6. The van der Waals surface area contributed by atoms with Crippen molar-refractivity contribution in [3.05, 3.63) is 53.6 Å². The number of anilines is 2. The molecule has 2 amide bonds. The predicted octanol–water partition coefficient (Wildman–Crippen LogP) is 3.10. The Morgan fingerprint density at radius 1 is 1.19 bits per heavy atom. The third-order valence-electron chi connectivity index (χ3n) is 5.53. The van der Waals surface area contributed by atoms with E-state index in [2.05, 4.69) is 15.6 Å². The van der Waals surface area contributed by atoms with E-state index in [-0.39, 0.29) is 24.4 Å². The monoisotopic (exact) mass is 463 g/mol. The van der Waals surface area contributed by atoms with Crippen LogP contribution in [-0.2, 0) is 16.6 Å². The zero-order valence-electron chi connectivity index (χ0n) is 18.8. The molecule has 0 spiro atoms. The van der Waals surface area contributed by atoms with E-state index in [9.17, 15) is 13.2 Å². The number of pyridine rings is 1. The van der Waals surface area contributed by atoms with Crippen molar-refractivity contribution in [3.8, 4) is 0 Å². The second-order valence-corrected chi connectivity index (χ2v) is 10.2. The standard InChI is InChI=1S/C22H30FN5O3S/c1-5-32(30,31)28-16(3)13-27(14-17(28)4)20-8-6-7-18(21(20)23)11-25-22(29)26-19-10-9-15(2)24-12-19/h6-10,12,16-17H,5,11,13-14H2,1-4H3,(H2,25,26,29)/t16-,17+. The number of sulfonamides is 1. The minimum Gasteiger partial charge on any atom is -0.366 e. The van der Waals surface area contributed by atoms with Gasteiger partial charge in [-0.15, -0.1) is 0 Å². The highest BCUT2D eigenvalue weighted by molar-refractivity contribution is 7.89. The molecular formula is C22H30FN5O3S. The Bertz CT molecular complexity index is 1050. The smallest absolute Gasteiger partial charge is 0.319 e. The molecule has 0 unspecified atom stereocenters. The molecule has 2 heterocycles. The fourth-order valence-corrected chi connectivity index (χ4v) is 5.57. The maximum Gasteiger partial charge on any atom is 0.319 e. The van der Waals surface area contributed by atoms with Gasteiger partial charge in [-0.1, -0.05) is 12.1 Å². The highest BCUT2D eigenvalue weighted by atomic mass is 32.2. The molecule has 0 radical (unpaired) electrons. The van der Waals surface area contributed by atoms with Crippen molar-refractivity contribution in [2.75, 3.05) is 29.1 Å². The minimum atomic E-state index is -3.34. The molecule has 1 aliphatic rings. The van der Waals surface area contributed by atoms with Gasteiger partial charge in [-0.3, -0.25) is 4.98 Å².